The summed E-state index contributed by atoms with van der Waals surface area (Å²) in [6.07, 6.45) is 1.97. The van der Waals surface area contributed by atoms with Crippen molar-refractivity contribution in [1.29, 1.82) is 0 Å². The van der Waals surface area contributed by atoms with E-state index in [2.05, 4.69) is 45.5 Å². The van der Waals surface area contributed by atoms with Crippen molar-refractivity contribution < 1.29 is 4.74 Å². The van der Waals surface area contributed by atoms with Crippen LogP contribution in [0.1, 0.15) is 37.8 Å². The molecule has 0 amide bonds. The minimum Gasteiger partial charge on any atom is -0.457 e. The second-order valence-electron chi connectivity index (χ2n) is 4.31. The molecule has 0 radical (unpaired) electrons. The van der Waals surface area contributed by atoms with Gasteiger partial charge in [-0.05, 0) is 36.1 Å². The Labute approximate surface area is 91.1 Å². The van der Waals surface area contributed by atoms with E-state index in [0.717, 1.165) is 11.5 Å². The zero-order chi connectivity index (χ0) is 11.0. The summed E-state index contributed by atoms with van der Waals surface area (Å²) in [6, 6.07) is 6.41. The van der Waals surface area contributed by atoms with Crippen molar-refractivity contribution in [2.75, 3.05) is 0 Å². The first-order valence-corrected chi connectivity index (χ1v) is 5.27. The third-order valence-electron chi connectivity index (χ3n) is 2.72. The van der Waals surface area contributed by atoms with Crippen molar-refractivity contribution >= 4 is 5.57 Å². The topological polar surface area (TPSA) is 9.23 Å². The average molecular weight is 200 g/mol. The van der Waals surface area contributed by atoms with E-state index in [9.17, 15) is 0 Å². The average Bonchev–Trinajstić information content (AvgIpc) is 2.16. The summed E-state index contributed by atoms with van der Waals surface area (Å²) >= 11 is 0. The molecule has 0 unspecified atom stereocenters. The van der Waals surface area contributed by atoms with Crippen molar-refractivity contribution in [1.82, 2.24) is 0 Å². The predicted octanol–water partition coefficient (Wildman–Crippen LogP) is 4.12. The first kappa shape index (κ1) is 10.0. The lowest BCUT2D eigenvalue weighted by Crippen LogP contribution is -2.02. The molecule has 2 rings (SSSR count). The fourth-order valence-electron chi connectivity index (χ4n) is 1.80. The molecule has 1 aromatic carbocycles. The highest BCUT2D eigenvalue weighted by Gasteiger charge is 2.14. The molecular formula is C14H16O. The van der Waals surface area contributed by atoms with Crippen LogP contribution in [0.4, 0.5) is 0 Å². The zero-order valence-electron chi connectivity index (χ0n) is 9.50. The minimum absolute atomic E-state index is 0.526. The molecule has 1 heteroatoms. The Bertz CT molecular complexity index is 439. The first-order valence-electron chi connectivity index (χ1n) is 5.27. The molecule has 15 heavy (non-hydrogen) atoms. The number of ether oxygens (including phenoxy) is 1. The van der Waals surface area contributed by atoms with Crippen LogP contribution in [-0.4, -0.2) is 0 Å². The highest BCUT2D eigenvalue weighted by atomic mass is 16.5. The Morgan fingerprint density at radius 2 is 2.00 bits per heavy atom. The Morgan fingerprint density at radius 1 is 1.27 bits per heavy atom. The molecule has 78 valence electrons. The molecule has 0 saturated heterocycles. The molecule has 1 heterocycles. The standard InChI is InChI=1S/C14H16O/c1-9(2)12-5-6-13-10(3)7-11(4)15-14(13)8-12/h5-9H,4H2,1-3H3. The van der Waals surface area contributed by atoms with Crippen LogP contribution in [0.15, 0.2) is 36.6 Å². The van der Waals surface area contributed by atoms with Crippen molar-refractivity contribution in [3.8, 4) is 5.75 Å². The number of fused-ring (bicyclic) bond motifs is 1. The quantitative estimate of drug-likeness (QED) is 0.662. The van der Waals surface area contributed by atoms with Crippen LogP contribution >= 0.6 is 0 Å². The molecule has 0 saturated carbocycles. The van der Waals surface area contributed by atoms with Crippen LogP contribution < -0.4 is 4.74 Å². The number of hydrogen-bond acceptors (Lipinski definition) is 1. The van der Waals surface area contributed by atoms with E-state index in [0.29, 0.717) is 5.92 Å². The van der Waals surface area contributed by atoms with Gasteiger partial charge in [0.2, 0.25) is 0 Å². The summed E-state index contributed by atoms with van der Waals surface area (Å²) in [6.45, 7) is 10.3. The Morgan fingerprint density at radius 3 is 2.67 bits per heavy atom. The first-order chi connectivity index (χ1) is 7.08. The van der Waals surface area contributed by atoms with E-state index in [1.165, 1.54) is 16.7 Å². The van der Waals surface area contributed by atoms with Crippen LogP contribution in [0.5, 0.6) is 5.75 Å². The number of hydrogen-bond donors (Lipinski definition) is 0. The summed E-state index contributed by atoms with van der Waals surface area (Å²) in [5.74, 6) is 2.19. The van der Waals surface area contributed by atoms with Crippen LogP contribution in [-0.2, 0) is 0 Å². The summed E-state index contributed by atoms with van der Waals surface area (Å²) in [4.78, 5) is 0. The summed E-state index contributed by atoms with van der Waals surface area (Å²) in [7, 11) is 0. The third kappa shape index (κ3) is 1.82. The molecule has 0 bridgehead atoms. The second kappa shape index (κ2) is 3.58. The van der Waals surface area contributed by atoms with Gasteiger partial charge in [0.1, 0.15) is 11.5 Å². The fraction of sp³-hybridized carbons (Fsp3) is 0.286. The Kier molecular flexibility index (Phi) is 2.39. The number of rotatable bonds is 1. The van der Waals surface area contributed by atoms with E-state index in [4.69, 9.17) is 4.74 Å². The number of allylic oxidation sites excluding steroid dienone is 2. The van der Waals surface area contributed by atoms with Gasteiger partial charge in [0, 0.05) is 5.56 Å². The van der Waals surface area contributed by atoms with E-state index < -0.39 is 0 Å². The second-order valence-corrected chi connectivity index (χ2v) is 4.31. The molecular weight excluding hydrogens is 184 g/mol. The summed E-state index contributed by atoms with van der Waals surface area (Å²) in [5.41, 5.74) is 3.69. The predicted molar refractivity (Wildman–Crippen MR) is 64.0 cm³/mol. The zero-order valence-corrected chi connectivity index (χ0v) is 9.50. The van der Waals surface area contributed by atoms with Crippen LogP contribution in [0.2, 0.25) is 0 Å². The van der Waals surface area contributed by atoms with Gasteiger partial charge in [-0.3, -0.25) is 0 Å². The van der Waals surface area contributed by atoms with Gasteiger partial charge in [0.15, 0.2) is 0 Å². The fourth-order valence-corrected chi connectivity index (χ4v) is 1.80. The Hall–Kier alpha value is -1.50. The van der Waals surface area contributed by atoms with Gasteiger partial charge in [0.25, 0.3) is 0 Å². The molecule has 0 fully saturated rings. The highest BCUT2D eigenvalue weighted by molar-refractivity contribution is 5.73. The van der Waals surface area contributed by atoms with E-state index in [-0.39, 0.29) is 0 Å². The SMILES string of the molecule is C=C1C=C(C)c2ccc(C(C)C)cc2O1. The van der Waals surface area contributed by atoms with Crippen molar-refractivity contribution in [3.05, 3.63) is 47.7 Å². The van der Waals surface area contributed by atoms with E-state index >= 15 is 0 Å². The van der Waals surface area contributed by atoms with E-state index in [1.54, 1.807) is 0 Å². The lowest BCUT2D eigenvalue weighted by Gasteiger charge is -2.19. The Balaban J connectivity index is 2.51. The summed E-state index contributed by atoms with van der Waals surface area (Å²) in [5, 5.41) is 0. The van der Waals surface area contributed by atoms with Crippen LogP contribution in [0.3, 0.4) is 0 Å². The lowest BCUT2D eigenvalue weighted by atomic mass is 9.97. The summed E-state index contributed by atoms with van der Waals surface area (Å²) < 4.78 is 5.62. The maximum Gasteiger partial charge on any atom is 0.135 e. The normalized spacial score (nSPS) is 14.7. The van der Waals surface area contributed by atoms with Gasteiger partial charge in [0.05, 0.1) is 0 Å². The number of benzene rings is 1. The smallest absolute Gasteiger partial charge is 0.135 e. The molecule has 1 aromatic rings. The molecule has 0 N–H and O–H groups in total. The van der Waals surface area contributed by atoms with Crippen molar-refractivity contribution in [2.24, 2.45) is 0 Å². The maximum absolute atomic E-state index is 5.62. The molecule has 0 aromatic heterocycles. The van der Waals surface area contributed by atoms with Crippen LogP contribution in [0.25, 0.3) is 5.57 Å². The van der Waals surface area contributed by atoms with Gasteiger partial charge in [-0.2, -0.15) is 0 Å². The third-order valence-corrected chi connectivity index (χ3v) is 2.72. The molecule has 1 aliphatic rings. The van der Waals surface area contributed by atoms with Gasteiger partial charge >= 0.3 is 0 Å². The lowest BCUT2D eigenvalue weighted by molar-refractivity contribution is 0.440. The highest BCUT2D eigenvalue weighted by Crippen LogP contribution is 2.34. The van der Waals surface area contributed by atoms with Crippen molar-refractivity contribution in [3.63, 3.8) is 0 Å². The van der Waals surface area contributed by atoms with Gasteiger partial charge in [-0.25, -0.2) is 0 Å². The van der Waals surface area contributed by atoms with Gasteiger partial charge < -0.3 is 4.74 Å². The monoisotopic (exact) mass is 200 g/mol. The molecule has 1 aliphatic heterocycles. The largest absolute Gasteiger partial charge is 0.457 e. The van der Waals surface area contributed by atoms with Gasteiger partial charge in [-0.1, -0.05) is 32.6 Å². The maximum atomic E-state index is 5.62. The molecule has 1 nitrogen and oxygen atoms in total. The molecule has 0 aliphatic carbocycles. The molecule has 0 spiro atoms. The van der Waals surface area contributed by atoms with Gasteiger partial charge in [-0.15, -0.1) is 0 Å². The van der Waals surface area contributed by atoms with E-state index in [1.807, 2.05) is 6.08 Å². The minimum atomic E-state index is 0.526. The van der Waals surface area contributed by atoms with Crippen LogP contribution in [0, 0.1) is 0 Å². The van der Waals surface area contributed by atoms with Crippen molar-refractivity contribution in [2.45, 2.75) is 26.7 Å². The molecule has 0 atom stereocenters.